The lowest BCUT2D eigenvalue weighted by Gasteiger charge is -2.26. The Morgan fingerprint density at radius 1 is 1.40 bits per heavy atom. The molecule has 3 N–H and O–H groups in total. The standard InChI is InChI=1S/C10H18N2O3/c11-7-1-3-8(4-2-7)14-6-9-5-12-10(13)15-9/h7-9H,1-6,11H2,(H,12,13). The maximum absolute atomic E-state index is 10.7. The molecule has 2 rings (SSSR count). The minimum atomic E-state index is -0.339. The summed E-state index contributed by atoms with van der Waals surface area (Å²) in [7, 11) is 0. The molecule has 1 unspecified atom stereocenters. The van der Waals surface area contributed by atoms with Crippen molar-refractivity contribution in [3.8, 4) is 0 Å². The zero-order valence-electron chi connectivity index (χ0n) is 8.78. The fourth-order valence-electron chi connectivity index (χ4n) is 2.02. The minimum Gasteiger partial charge on any atom is -0.442 e. The summed E-state index contributed by atoms with van der Waals surface area (Å²) in [6.45, 7) is 1.06. The number of rotatable bonds is 3. The minimum absolute atomic E-state index is 0.118. The van der Waals surface area contributed by atoms with Gasteiger partial charge >= 0.3 is 6.09 Å². The highest BCUT2D eigenvalue weighted by Crippen LogP contribution is 2.20. The molecule has 1 amide bonds. The van der Waals surface area contributed by atoms with Crippen LogP contribution in [-0.2, 0) is 9.47 Å². The molecule has 5 heteroatoms. The predicted octanol–water partition coefficient (Wildman–Crippen LogP) is 0.381. The Labute approximate surface area is 89.3 Å². The Balaban J connectivity index is 1.63. The van der Waals surface area contributed by atoms with E-state index in [1.54, 1.807) is 0 Å². The van der Waals surface area contributed by atoms with Gasteiger partial charge in [-0.15, -0.1) is 0 Å². The van der Waals surface area contributed by atoms with Crippen LogP contribution in [-0.4, -0.2) is 37.5 Å². The number of hydrogen-bond acceptors (Lipinski definition) is 4. The van der Waals surface area contributed by atoms with E-state index >= 15 is 0 Å². The molecule has 15 heavy (non-hydrogen) atoms. The molecular weight excluding hydrogens is 196 g/mol. The van der Waals surface area contributed by atoms with E-state index in [0.717, 1.165) is 25.7 Å². The summed E-state index contributed by atoms with van der Waals surface area (Å²) in [5.41, 5.74) is 5.80. The highest BCUT2D eigenvalue weighted by Gasteiger charge is 2.25. The van der Waals surface area contributed by atoms with Crippen LogP contribution in [0.15, 0.2) is 0 Å². The van der Waals surface area contributed by atoms with Crippen molar-refractivity contribution in [3.63, 3.8) is 0 Å². The number of nitrogens with two attached hydrogens (primary N) is 1. The molecular formula is C10H18N2O3. The molecule has 1 atom stereocenters. The highest BCUT2D eigenvalue weighted by atomic mass is 16.6. The van der Waals surface area contributed by atoms with Crippen molar-refractivity contribution in [2.75, 3.05) is 13.2 Å². The first-order chi connectivity index (χ1) is 7.24. The van der Waals surface area contributed by atoms with Crippen molar-refractivity contribution in [2.45, 2.75) is 43.9 Å². The van der Waals surface area contributed by atoms with Gasteiger partial charge in [0.05, 0.1) is 19.3 Å². The van der Waals surface area contributed by atoms with E-state index in [4.69, 9.17) is 15.2 Å². The van der Waals surface area contributed by atoms with Crippen molar-refractivity contribution in [1.29, 1.82) is 0 Å². The van der Waals surface area contributed by atoms with E-state index in [1.807, 2.05) is 0 Å². The molecule has 1 saturated carbocycles. The molecule has 86 valence electrons. The fourth-order valence-corrected chi connectivity index (χ4v) is 2.02. The van der Waals surface area contributed by atoms with Gasteiger partial charge in [0.2, 0.25) is 0 Å². The summed E-state index contributed by atoms with van der Waals surface area (Å²) in [6.07, 6.45) is 3.96. The largest absolute Gasteiger partial charge is 0.442 e. The molecule has 1 saturated heterocycles. The zero-order valence-corrected chi connectivity index (χ0v) is 8.78. The Hall–Kier alpha value is -0.810. The van der Waals surface area contributed by atoms with Gasteiger partial charge in [0.15, 0.2) is 0 Å². The molecule has 5 nitrogen and oxygen atoms in total. The van der Waals surface area contributed by atoms with Crippen LogP contribution < -0.4 is 11.1 Å². The third kappa shape index (κ3) is 3.07. The number of alkyl carbamates (subject to hydrolysis) is 1. The van der Waals surface area contributed by atoms with E-state index in [-0.39, 0.29) is 12.2 Å². The van der Waals surface area contributed by atoms with E-state index in [0.29, 0.717) is 25.3 Å². The molecule has 0 spiro atoms. The molecule has 2 aliphatic rings. The van der Waals surface area contributed by atoms with Crippen LogP contribution in [0.25, 0.3) is 0 Å². The summed E-state index contributed by atoms with van der Waals surface area (Å²) >= 11 is 0. The maximum Gasteiger partial charge on any atom is 0.407 e. The first kappa shape index (κ1) is 10.7. The first-order valence-electron chi connectivity index (χ1n) is 5.55. The van der Waals surface area contributed by atoms with Crippen LogP contribution in [0, 0.1) is 0 Å². The summed E-state index contributed by atoms with van der Waals surface area (Å²) in [5, 5.41) is 2.60. The van der Waals surface area contributed by atoms with Gasteiger partial charge in [0.25, 0.3) is 0 Å². The maximum atomic E-state index is 10.7. The Morgan fingerprint density at radius 3 is 2.73 bits per heavy atom. The second kappa shape index (κ2) is 4.81. The van der Waals surface area contributed by atoms with Gasteiger partial charge in [-0.3, -0.25) is 0 Å². The Kier molecular flexibility index (Phi) is 3.43. The molecule has 1 aliphatic heterocycles. The molecule has 0 aromatic rings. The number of nitrogens with one attached hydrogen (secondary N) is 1. The van der Waals surface area contributed by atoms with Crippen LogP contribution in [0.1, 0.15) is 25.7 Å². The molecule has 2 fully saturated rings. The van der Waals surface area contributed by atoms with Crippen LogP contribution >= 0.6 is 0 Å². The van der Waals surface area contributed by atoms with Crippen molar-refractivity contribution in [1.82, 2.24) is 5.32 Å². The van der Waals surface area contributed by atoms with Crippen molar-refractivity contribution >= 4 is 6.09 Å². The lowest BCUT2D eigenvalue weighted by Crippen LogP contribution is -2.32. The molecule has 0 radical (unpaired) electrons. The normalized spacial score (nSPS) is 36.1. The number of carbonyl (C=O) groups excluding carboxylic acids is 1. The molecule has 1 heterocycles. The first-order valence-corrected chi connectivity index (χ1v) is 5.55. The SMILES string of the molecule is NC1CCC(OCC2CNC(=O)O2)CC1. The average Bonchev–Trinajstić information content (AvgIpc) is 2.64. The number of ether oxygens (including phenoxy) is 2. The number of carbonyl (C=O) groups is 1. The molecule has 0 bridgehead atoms. The summed E-state index contributed by atoms with van der Waals surface area (Å²) in [5.74, 6) is 0. The van der Waals surface area contributed by atoms with E-state index in [9.17, 15) is 4.79 Å². The predicted molar refractivity (Wildman–Crippen MR) is 54.5 cm³/mol. The van der Waals surface area contributed by atoms with Crippen LogP contribution in [0.4, 0.5) is 4.79 Å². The fraction of sp³-hybridized carbons (Fsp3) is 0.900. The molecule has 1 aliphatic carbocycles. The highest BCUT2D eigenvalue weighted by molar-refractivity contribution is 5.69. The average molecular weight is 214 g/mol. The second-order valence-electron chi connectivity index (χ2n) is 4.28. The van der Waals surface area contributed by atoms with Crippen molar-refractivity contribution in [2.24, 2.45) is 5.73 Å². The van der Waals surface area contributed by atoms with Crippen LogP contribution in [0.2, 0.25) is 0 Å². The van der Waals surface area contributed by atoms with Gasteiger partial charge in [-0.2, -0.15) is 0 Å². The van der Waals surface area contributed by atoms with Crippen molar-refractivity contribution < 1.29 is 14.3 Å². The smallest absolute Gasteiger partial charge is 0.407 e. The van der Waals surface area contributed by atoms with Gasteiger partial charge in [0.1, 0.15) is 6.10 Å². The van der Waals surface area contributed by atoms with Crippen molar-refractivity contribution in [3.05, 3.63) is 0 Å². The van der Waals surface area contributed by atoms with E-state index in [1.165, 1.54) is 0 Å². The number of cyclic esters (lactones) is 1. The van der Waals surface area contributed by atoms with Gasteiger partial charge in [-0.05, 0) is 25.7 Å². The quantitative estimate of drug-likeness (QED) is 0.712. The van der Waals surface area contributed by atoms with Crippen LogP contribution in [0.3, 0.4) is 0 Å². The lowest BCUT2D eigenvalue weighted by atomic mass is 9.94. The zero-order chi connectivity index (χ0) is 10.7. The van der Waals surface area contributed by atoms with Gasteiger partial charge in [-0.1, -0.05) is 0 Å². The Bertz CT molecular complexity index is 227. The Morgan fingerprint density at radius 2 is 2.13 bits per heavy atom. The number of amides is 1. The van der Waals surface area contributed by atoms with E-state index in [2.05, 4.69) is 5.32 Å². The van der Waals surface area contributed by atoms with Gasteiger partial charge < -0.3 is 20.5 Å². The van der Waals surface area contributed by atoms with Gasteiger partial charge in [-0.25, -0.2) is 4.79 Å². The molecule has 0 aromatic carbocycles. The molecule has 0 aromatic heterocycles. The summed E-state index contributed by atoms with van der Waals surface area (Å²) in [6, 6.07) is 0.343. The van der Waals surface area contributed by atoms with Crippen LogP contribution in [0.5, 0.6) is 0 Å². The number of hydrogen-bond donors (Lipinski definition) is 2. The third-order valence-electron chi connectivity index (χ3n) is 2.98. The lowest BCUT2D eigenvalue weighted by molar-refractivity contribution is -0.0172. The summed E-state index contributed by atoms with van der Waals surface area (Å²) in [4.78, 5) is 10.7. The second-order valence-corrected chi connectivity index (χ2v) is 4.28. The summed E-state index contributed by atoms with van der Waals surface area (Å²) < 4.78 is 10.7. The van der Waals surface area contributed by atoms with Gasteiger partial charge in [0, 0.05) is 6.04 Å². The van der Waals surface area contributed by atoms with E-state index < -0.39 is 0 Å². The topological polar surface area (TPSA) is 73.6 Å². The third-order valence-corrected chi connectivity index (χ3v) is 2.98. The monoisotopic (exact) mass is 214 g/mol.